The largest absolute Gasteiger partial charge is 0.355 e. The smallest absolute Gasteiger partial charge is 0.261 e. The second-order valence-corrected chi connectivity index (χ2v) is 8.22. The van der Waals surface area contributed by atoms with Crippen molar-refractivity contribution in [1.82, 2.24) is 5.32 Å². The quantitative estimate of drug-likeness (QED) is 0.893. The molecule has 2 rings (SSSR count). The van der Waals surface area contributed by atoms with E-state index in [2.05, 4.69) is 30.8 Å². The average molecular weight is 346 g/mol. The molecule has 0 aliphatic rings. The third-order valence-corrected chi connectivity index (χ3v) is 5.05. The maximum absolute atomic E-state index is 12.4. The van der Waals surface area contributed by atoms with Gasteiger partial charge in [-0.25, -0.2) is 8.42 Å². The predicted molar refractivity (Wildman–Crippen MR) is 95.8 cm³/mol. The summed E-state index contributed by atoms with van der Waals surface area (Å²) < 4.78 is 27.4. The van der Waals surface area contributed by atoms with Crippen LogP contribution >= 0.6 is 0 Å². The highest BCUT2D eigenvalue weighted by Crippen LogP contribution is 2.24. The molecule has 0 saturated heterocycles. The highest BCUT2D eigenvalue weighted by Gasteiger charge is 2.17. The summed E-state index contributed by atoms with van der Waals surface area (Å²) in [5.74, 6) is -0.220. The molecule has 0 aliphatic carbocycles. The fraction of sp³-hybridized carbons (Fsp3) is 0.278. The summed E-state index contributed by atoms with van der Waals surface area (Å²) in [6, 6.07) is 13.1. The van der Waals surface area contributed by atoms with Crippen LogP contribution in [0.2, 0.25) is 0 Å². The molecule has 0 fully saturated rings. The fourth-order valence-corrected chi connectivity index (χ4v) is 3.24. The van der Waals surface area contributed by atoms with Crippen LogP contribution in [0.3, 0.4) is 0 Å². The standard InChI is InChI=1S/C18H22N2O3S/c1-18(2,3)14-7-11-16(12-8-14)24(22,23)20-15-9-5-13(6-10-15)17(21)19-4/h5-12,20H,1-4H3,(H,19,21). The summed E-state index contributed by atoms with van der Waals surface area (Å²) in [5.41, 5.74) is 1.90. The van der Waals surface area contributed by atoms with Crippen LogP contribution in [0.4, 0.5) is 5.69 Å². The maximum Gasteiger partial charge on any atom is 0.261 e. The Kier molecular flexibility index (Phi) is 4.99. The lowest BCUT2D eigenvalue weighted by Gasteiger charge is -2.19. The van der Waals surface area contributed by atoms with E-state index in [9.17, 15) is 13.2 Å². The molecule has 2 N–H and O–H groups in total. The first kappa shape index (κ1) is 18.0. The molecule has 6 heteroatoms. The summed E-state index contributed by atoms with van der Waals surface area (Å²) in [6.45, 7) is 6.22. The monoisotopic (exact) mass is 346 g/mol. The van der Waals surface area contributed by atoms with E-state index in [1.807, 2.05) is 12.1 Å². The lowest BCUT2D eigenvalue weighted by atomic mass is 9.87. The van der Waals surface area contributed by atoms with Crippen molar-refractivity contribution in [2.45, 2.75) is 31.1 Å². The van der Waals surface area contributed by atoms with Gasteiger partial charge in [0.25, 0.3) is 15.9 Å². The van der Waals surface area contributed by atoms with Crippen LogP contribution in [0, 0.1) is 0 Å². The van der Waals surface area contributed by atoms with E-state index in [1.165, 1.54) is 0 Å². The number of amides is 1. The second-order valence-electron chi connectivity index (χ2n) is 6.54. The third kappa shape index (κ3) is 4.14. The molecule has 2 aromatic carbocycles. The zero-order valence-electron chi connectivity index (χ0n) is 14.3. The molecule has 0 aromatic heterocycles. The topological polar surface area (TPSA) is 75.3 Å². The van der Waals surface area contributed by atoms with Crippen molar-refractivity contribution in [2.75, 3.05) is 11.8 Å². The first-order valence-corrected chi connectivity index (χ1v) is 9.07. The Labute approximate surface area is 143 Å². The summed E-state index contributed by atoms with van der Waals surface area (Å²) >= 11 is 0. The van der Waals surface area contributed by atoms with E-state index in [1.54, 1.807) is 43.4 Å². The Morgan fingerprint density at radius 3 is 1.92 bits per heavy atom. The molecule has 5 nitrogen and oxygen atoms in total. The number of carbonyl (C=O) groups is 1. The van der Waals surface area contributed by atoms with Crippen LogP contribution in [-0.2, 0) is 15.4 Å². The van der Waals surface area contributed by atoms with Crippen molar-refractivity contribution in [3.8, 4) is 0 Å². The van der Waals surface area contributed by atoms with E-state index >= 15 is 0 Å². The molecule has 0 spiro atoms. The molecular formula is C18H22N2O3S. The van der Waals surface area contributed by atoms with Crippen LogP contribution in [0.1, 0.15) is 36.7 Å². The maximum atomic E-state index is 12.4. The van der Waals surface area contributed by atoms with Gasteiger partial charge in [-0.15, -0.1) is 0 Å². The summed E-state index contributed by atoms with van der Waals surface area (Å²) in [5, 5.41) is 2.51. The van der Waals surface area contributed by atoms with Crippen molar-refractivity contribution in [3.05, 3.63) is 59.7 Å². The van der Waals surface area contributed by atoms with Gasteiger partial charge in [-0.05, 0) is 47.4 Å². The second kappa shape index (κ2) is 6.65. The minimum Gasteiger partial charge on any atom is -0.355 e. The van der Waals surface area contributed by atoms with E-state index in [0.29, 0.717) is 11.3 Å². The highest BCUT2D eigenvalue weighted by molar-refractivity contribution is 7.92. The number of carbonyl (C=O) groups excluding carboxylic acids is 1. The number of benzene rings is 2. The van der Waals surface area contributed by atoms with Gasteiger partial charge in [-0.1, -0.05) is 32.9 Å². The molecule has 0 radical (unpaired) electrons. The lowest BCUT2D eigenvalue weighted by Crippen LogP contribution is -2.18. The molecule has 24 heavy (non-hydrogen) atoms. The van der Waals surface area contributed by atoms with Crippen LogP contribution in [-0.4, -0.2) is 21.4 Å². The zero-order chi connectivity index (χ0) is 18.0. The Hall–Kier alpha value is -2.34. The van der Waals surface area contributed by atoms with Crippen molar-refractivity contribution < 1.29 is 13.2 Å². The van der Waals surface area contributed by atoms with Gasteiger partial charge < -0.3 is 5.32 Å². The van der Waals surface area contributed by atoms with Gasteiger partial charge in [0.05, 0.1) is 4.90 Å². The molecule has 0 unspecified atom stereocenters. The van der Waals surface area contributed by atoms with E-state index in [4.69, 9.17) is 0 Å². The highest BCUT2D eigenvalue weighted by atomic mass is 32.2. The number of sulfonamides is 1. The van der Waals surface area contributed by atoms with Crippen LogP contribution in [0.5, 0.6) is 0 Å². The number of anilines is 1. The molecule has 0 saturated carbocycles. The fourth-order valence-electron chi connectivity index (χ4n) is 2.18. The number of hydrogen-bond donors (Lipinski definition) is 2. The van der Waals surface area contributed by atoms with Gasteiger partial charge in [0.2, 0.25) is 0 Å². The number of nitrogens with one attached hydrogen (secondary N) is 2. The van der Waals surface area contributed by atoms with Crippen LogP contribution < -0.4 is 10.0 Å². The molecule has 0 heterocycles. The Morgan fingerprint density at radius 2 is 1.46 bits per heavy atom. The molecule has 1 amide bonds. The van der Waals surface area contributed by atoms with E-state index in [-0.39, 0.29) is 16.2 Å². The van der Waals surface area contributed by atoms with Gasteiger partial charge in [0, 0.05) is 18.3 Å². The van der Waals surface area contributed by atoms with Crippen molar-refractivity contribution in [3.63, 3.8) is 0 Å². The summed E-state index contributed by atoms with van der Waals surface area (Å²) in [7, 11) is -2.12. The van der Waals surface area contributed by atoms with Gasteiger partial charge in [0.15, 0.2) is 0 Å². The SMILES string of the molecule is CNC(=O)c1ccc(NS(=O)(=O)c2ccc(C(C)(C)C)cc2)cc1. The minimum absolute atomic E-state index is 0.0363. The Bertz CT molecular complexity index is 818. The minimum atomic E-state index is -3.66. The first-order chi connectivity index (χ1) is 11.1. The van der Waals surface area contributed by atoms with Crippen LogP contribution in [0.25, 0.3) is 0 Å². The Balaban J connectivity index is 2.20. The molecule has 0 aliphatic heterocycles. The van der Waals surface area contributed by atoms with Crippen molar-refractivity contribution in [1.29, 1.82) is 0 Å². The van der Waals surface area contributed by atoms with E-state index < -0.39 is 10.0 Å². The van der Waals surface area contributed by atoms with Crippen molar-refractivity contribution >= 4 is 21.6 Å². The predicted octanol–water partition coefficient (Wildman–Crippen LogP) is 3.14. The van der Waals surface area contributed by atoms with Gasteiger partial charge in [-0.3, -0.25) is 9.52 Å². The lowest BCUT2D eigenvalue weighted by molar-refractivity contribution is 0.0963. The van der Waals surface area contributed by atoms with Gasteiger partial charge in [-0.2, -0.15) is 0 Å². The van der Waals surface area contributed by atoms with E-state index in [0.717, 1.165) is 5.56 Å². The zero-order valence-corrected chi connectivity index (χ0v) is 15.1. The summed E-state index contributed by atoms with van der Waals surface area (Å²) in [6.07, 6.45) is 0. The first-order valence-electron chi connectivity index (χ1n) is 7.59. The number of rotatable bonds is 4. The van der Waals surface area contributed by atoms with Gasteiger partial charge >= 0.3 is 0 Å². The average Bonchev–Trinajstić information content (AvgIpc) is 2.54. The third-order valence-electron chi connectivity index (χ3n) is 3.66. The van der Waals surface area contributed by atoms with Gasteiger partial charge in [0.1, 0.15) is 0 Å². The summed E-state index contributed by atoms with van der Waals surface area (Å²) in [4.78, 5) is 11.7. The molecule has 0 atom stereocenters. The van der Waals surface area contributed by atoms with Crippen molar-refractivity contribution in [2.24, 2.45) is 0 Å². The molecule has 0 bridgehead atoms. The normalized spacial score (nSPS) is 11.8. The molecule has 128 valence electrons. The van der Waals surface area contributed by atoms with Crippen LogP contribution in [0.15, 0.2) is 53.4 Å². The molecule has 2 aromatic rings. The Morgan fingerprint density at radius 1 is 0.917 bits per heavy atom. The molecular weight excluding hydrogens is 324 g/mol. The number of hydrogen-bond acceptors (Lipinski definition) is 3.